The number of hydrogen-bond acceptors (Lipinski definition) is 5. The Morgan fingerprint density at radius 2 is 1.79 bits per heavy atom. The predicted octanol–water partition coefficient (Wildman–Crippen LogP) is 2.38. The van der Waals surface area contributed by atoms with Gasteiger partial charge in [-0.25, -0.2) is 18.4 Å². The summed E-state index contributed by atoms with van der Waals surface area (Å²) >= 11 is 6.56. The molecular weight excluding hydrogens is 400 g/mol. The van der Waals surface area contributed by atoms with Gasteiger partial charge >= 0.3 is 0 Å². The summed E-state index contributed by atoms with van der Waals surface area (Å²) in [7, 11) is -3.74. The molecule has 1 heterocycles. The van der Waals surface area contributed by atoms with Crippen molar-refractivity contribution in [3.8, 4) is 0 Å². The zero-order chi connectivity index (χ0) is 14.0. The van der Waals surface area contributed by atoms with Gasteiger partial charge in [0.25, 0.3) is 10.0 Å². The molecular formula is C10H8Br2N4O2S. The minimum absolute atomic E-state index is 0.0174. The van der Waals surface area contributed by atoms with Crippen LogP contribution in [0.1, 0.15) is 0 Å². The fourth-order valence-electron chi connectivity index (χ4n) is 1.24. The van der Waals surface area contributed by atoms with Crippen LogP contribution in [0, 0.1) is 0 Å². The van der Waals surface area contributed by atoms with Crippen molar-refractivity contribution in [2.24, 2.45) is 0 Å². The molecule has 0 bridgehead atoms. The number of rotatable bonds is 3. The number of halogens is 2. The molecule has 2 rings (SSSR count). The van der Waals surface area contributed by atoms with Crippen LogP contribution < -0.4 is 10.5 Å². The van der Waals surface area contributed by atoms with Gasteiger partial charge in [0.15, 0.2) is 0 Å². The quantitative estimate of drug-likeness (QED) is 0.813. The maximum atomic E-state index is 12.1. The minimum Gasteiger partial charge on any atom is -0.368 e. The summed E-state index contributed by atoms with van der Waals surface area (Å²) in [6, 6.07) is 5.09. The van der Waals surface area contributed by atoms with Crippen molar-refractivity contribution >= 4 is 53.5 Å². The number of nitrogens with one attached hydrogen (secondary N) is 1. The number of anilines is 2. The van der Waals surface area contributed by atoms with Gasteiger partial charge in [0.05, 0.1) is 18.1 Å². The van der Waals surface area contributed by atoms with E-state index >= 15 is 0 Å². The molecule has 0 saturated heterocycles. The van der Waals surface area contributed by atoms with Gasteiger partial charge in [-0.2, -0.15) is 0 Å². The summed E-state index contributed by atoms with van der Waals surface area (Å²) in [5.74, 6) is 0.0174. The van der Waals surface area contributed by atoms with Crippen molar-refractivity contribution < 1.29 is 8.42 Å². The summed E-state index contributed by atoms with van der Waals surface area (Å²) < 4.78 is 28.0. The molecule has 1 aromatic carbocycles. The lowest BCUT2D eigenvalue weighted by atomic mass is 10.3. The monoisotopic (exact) mass is 406 g/mol. The fourth-order valence-corrected chi connectivity index (χ4v) is 3.49. The number of nitrogen functional groups attached to an aromatic ring is 1. The normalized spacial score (nSPS) is 11.3. The van der Waals surface area contributed by atoms with Crippen molar-refractivity contribution in [1.82, 2.24) is 9.97 Å². The van der Waals surface area contributed by atoms with Crippen LogP contribution in [0.4, 0.5) is 11.6 Å². The standard InChI is InChI=1S/C10H8Br2N4O2S/c11-6-1-2-9(8(12)3-6)16-19(17,18)7-4-14-10(13)15-5-7/h1-5,16H,(H2,13,14,15). The third-order valence-corrected chi connectivity index (χ3v) is 4.60. The highest BCUT2D eigenvalue weighted by molar-refractivity contribution is 9.11. The molecule has 0 amide bonds. The lowest BCUT2D eigenvalue weighted by Gasteiger charge is -2.09. The summed E-state index contributed by atoms with van der Waals surface area (Å²) in [6.07, 6.45) is 2.30. The third kappa shape index (κ3) is 3.43. The number of nitrogens with zero attached hydrogens (tertiary/aromatic N) is 2. The van der Waals surface area contributed by atoms with Gasteiger partial charge in [0, 0.05) is 8.95 Å². The third-order valence-electron chi connectivity index (χ3n) is 2.13. The Morgan fingerprint density at radius 1 is 1.16 bits per heavy atom. The molecule has 0 unspecified atom stereocenters. The molecule has 100 valence electrons. The van der Waals surface area contributed by atoms with E-state index in [0.29, 0.717) is 10.2 Å². The lowest BCUT2D eigenvalue weighted by Crippen LogP contribution is -2.14. The first-order valence-corrected chi connectivity index (χ1v) is 8.01. The highest BCUT2D eigenvalue weighted by Crippen LogP contribution is 2.27. The van der Waals surface area contributed by atoms with Gasteiger partial charge in [-0.3, -0.25) is 4.72 Å². The molecule has 0 aliphatic carbocycles. The van der Waals surface area contributed by atoms with Crippen LogP contribution in [0.3, 0.4) is 0 Å². The van der Waals surface area contributed by atoms with Crippen LogP contribution in [-0.2, 0) is 10.0 Å². The second-order valence-corrected chi connectivity index (χ2v) is 6.96. The molecule has 19 heavy (non-hydrogen) atoms. The topological polar surface area (TPSA) is 98.0 Å². The average Bonchev–Trinajstić information content (AvgIpc) is 2.33. The molecule has 1 aromatic heterocycles. The van der Waals surface area contributed by atoms with Crippen molar-refractivity contribution in [3.05, 3.63) is 39.5 Å². The SMILES string of the molecule is Nc1ncc(S(=O)(=O)Nc2ccc(Br)cc2Br)cn1. The van der Waals surface area contributed by atoms with Gasteiger partial charge in [-0.15, -0.1) is 0 Å². The molecule has 0 saturated carbocycles. The Hall–Kier alpha value is -1.19. The van der Waals surface area contributed by atoms with Crippen molar-refractivity contribution in [3.63, 3.8) is 0 Å². The summed E-state index contributed by atoms with van der Waals surface area (Å²) in [4.78, 5) is 7.24. The molecule has 0 atom stereocenters. The van der Waals surface area contributed by atoms with Gasteiger partial charge in [-0.05, 0) is 34.1 Å². The van der Waals surface area contributed by atoms with E-state index in [1.54, 1.807) is 18.2 Å². The first-order chi connectivity index (χ1) is 8.88. The summed E-state index contributed by atoms with van der Waals surface area (Å²) in [5.41, 5.74) is 5.73. The molecule has 0 aliphatic heterocycles. The van der Waals surface area contributed by atoms with Crippen LogP contribution in [0.5, 0.6) is 0 Å². The Balaban J connectivity index is 2.33. The van der Waals surface area contributed by atoms with Gasteiger partial charge in [0.2, 0.25) is 5.95 Å². The Kier molecular flexibility index (Phi) is 4.07. The van der Waals surface area contributed by atoms with E-state index in [1.165, 1.54) is 0 Å². The van der Waals surface area contributed by atoms with E-state index < -0.39 is 10.0 Å². The maximum Gasteiger partial charge on any atom is 0.265 e. The molecule has 9 heteroatoms. The zero-order valence-electron chi connectivity index (χ0n) is 9.34. The number of hydrogen-bond donors (Lipinski definition) is 2. The number of aromatic nitrogens is 2. The van der Waals surface area contributed by atoms with Gasteiger partial charge in [-0.1, -0.05) is 15.9 Å². The molecule has 0 spiro atoms. The summed E-state index contributed by atoms with van der Waals surface area (Å²) in [6.45, 7) is 0. The van der Waals surface area contributed by atoms with Crippen LogP contribution in [0.25, 0.3) is 0 Å². The second kappa shape index (κ2) is 5.43. The van der Waals surface area contributed by atoms with E-state index in [4.69, 9.17) is 5.73 Å². The maximum absolute atomic E-state index is 12.1. The van der Waals surface area contributed by atoms with E-state index in [0.717, 1.165) is 16.9 Å². The highest BCUT2D eigenvalue weighted by Gasteiger charge is 2.16. The molecule has 0 radical (unpaired) electrons. The molecule has 3 N–H and O–H groups in total. The number of benzene rings is 1. The van der Waals surface area contributed by atoms with E-state index in [-0.39, 0.29) is 10.8 Å². The number of nitrogens with two attached hydrogens (primary N) is 1. The zero-order valence-corrected chi connectivity index (χ0v) is 13.3. The first kappa shape index (κ1) is 14.2. The average molecular weight is 408 g/mol. The first-order valence-electron chi connectivity index (χ1n) is 4.94. The van der Waals surface area contributed by atoms with Crippen LogP contribution >= 0.6 is 31.9 Å². The molecule has 6 nitrogen and oxygen atoms in total. The largest absolute Gasteiger partial charge is 0.368 e. The van der Waals surface area contributed by atoms with Crippen molar-refractivity contribution in [2.75, 3.05) is 10.5 Å². The number of sulfonamides is 1. The minimum atomic E-state index is -3.74. The predicted molar refractivity (Wildman–Crippen MR) is 79.1 cm³/mol. The fraction of sp³-hybridized carbons (Fsp3) is 0. The Morgan fingerprint density at radius 3 is 2.37 bits per heavy atom. The van der Waals surface area contributed by atoms with Gasteiger partial charge < -0.3 is 5.73 Å². The summed E-state index contributed by atoms with van der Waals surface area (Å²) in [5, 5.41) is 0. The molecule has 0 aliphatic rings. The second-order valence-electron chi connectivity index (χ2n) is 3.51. The Labute approximate surface area is 126 Å². The van der Waals surface area contributed by atoms with Crippen LogP contribution in [-0.4, -0.2) is 18.4 Å². The van der Waals surface area contributed by atoms with Crippen molar-refractivity contribution in [2.45, 2.75) is 4.90 Å². The van der Waals surface area contributed by atoms with E-state index in [2.05, 4.69) is 46.5 Å². The van der Waals surface area contributed by atoms with E-state index in [1.807, 2.05) is 0 Å². The van der Waals surface area contributed by atoms with Crippen molar-refractivity contribution in [1.29, 1.82) is 0 Å². The van der Waals surface area contributed by atoms with Gasteiger partial charge in [0.1, 0.15) is 4.90 Å². The smallest absolute Gasteiger partial charge is 0.265 e. The highest BCUT2D eigenvalue weighted by atomic mass is 79.9. The lowest BCUT2D eigenvalue weighted by molar-refractivity contribution is 0.600. The van der Waals surface area contributed by atoms with E-state index in [9.17, 15) is 8.42 Å². The Bertz CT molecular complexity index is 704. The molecule has 0 fully saturated rings. The van der Waals surface area contributed by atoms with Crippen LogP contribution in [0.15, 0.2) is 44.4 Å². The van der Waals surface area contributed by atoms with Crippen LogP contribution in [0.2, 0.25) is 0 Å². The molecule has 2 aromatic rings.